The van der Waals surface area contributed by atoms with E-state index in [4.69, 9.17) is 4.98 Å². The lowest BCUT2D eigenvalue weighted by Crippen LogP contribution is -2.21. The van der Waals surface area contributed by atoms with Gasteiger partial charge in [0.15, 0.2) is 0 Å². The van der Waals surface area contributed by atoms with Gasteiger partial charge in [-0.05, 0) is 45.0 Å². The lowest BCUT2D eigenvalue weighted by molar-refractivity contribution is 0.573. The number of nitrogens with one attached hydrogen (secondary N) is 1. The first-order valence-electron chi connectivity index (χ1n) is 6.90. The van der Waals surface area contributed by atoms with Crippen LogP contribution >= 0.6 is 11.3 Å². The molecule has 1 heterocycles. The summed E-state index contributed by atoms with van der Waals surface area (Å²) < 4.78 is 13.1. The molecule has 2 aromatic rings. The van der Waals surface area contributed by atoms with Crippen LogP contribution in [0.1, 0.15) is 50.0 Å². The highest BCUT2D eigenvalue weighted by Gasteiger charge is 2.27. The van der Waals surface area contributed by atoms with Crippen molar-refractivity contribution in [3.8, 4) is 0 Å². The third kappa shape index (κ3) is 3.07. The first-order valence-corrected chi connectivity index (χ1v) is 7.78. The molecule has 108 valence electrons. The molecule has 0 saturated heterocycles. The predicted octanol–water partition coefficient (Wildman–Crippen LogP) is 4.28. The zero-order valence-electron chi connectivity index (χ0n) is 12.4. The van der Waals surface area contributed by atoms with Gasteiger partial charge in [0.05, 0.1) is 5.69 Å². The lowest BCUT2D eigenvalue weighted by Gasteiger charge is -2.22. The van der Waals surface area contributed by atoms with Gasteiger partial charge in [-0.1, -0.05) is 19.1 Å². The maximum Gasteiger partial charge on any atom is 0.123 e. The molecule has 0 bridgehead atoms. The molecule has 0 radical (unpaired) electrons. The van der Waals surface area contributed by atoms with Crippen molar-refractivity contribution in [2.24, 2.45) is 0 Å². The van der Waals surface area contributed by atoms with E-state index in [-0.39, 0.29) is 17.3 Å². The minimum atomic E-state index is -0.206. The van der Waals surface area contributed by atoms with E-state index < -0.39 is 0 Å². The van der Waals surface area contributed by atoms with Crippen LogP contribution in [0.4, 0.5) is 4.39 Å². The fourth-order valence-corrected chi connectivity index (χ4v) is 3.23. The van der Waals surface area contributed by atoms with E-state index in [1.165, 1.54) is 12.1 Å². The number of hydrogen-bond acceptors (Lipinski definition) is 3. The van der Waals surface area contributed by atoms with Crippen molar-refractivity contribution in [2.45, 2.75) is 39.2 Å². The molecule has 0 aliphatic rings. The maximum absolute atomic E-state index is 13.1. The molecule has 0 saturated carbocycles. The number of nitrogens with zero attached hydrogens (tertiary/aromatic N) is 1. The number of aromatic nitrogens is 1. The summed E-state index contributed by atoms with van der Waals surface area (Å²) in [5.41, 5.74) is 1.95. The van der Waals surface area contributed by atoms with Crippen molar-refractivity contribution < 1.29 is 4.39 Å². The molecule has 0 amide bonds. The standard InChI is InChI=1S/C16H21FN2S/c1-5-18-11(2)14-10-20-15(19-14)16(3,4)12-6-8-13(17)9-7-12/h6-11,18H,5H2,1-4H3. The fraction of sp³-hybridized carbons (Fsp3) is 0.438. The Bertz CT molecular complexity index is 560. The van der Waals surface area contributed by atoms with Gasteiger partial charge in [0, 0.05) is 16.8 Å². The Kier molecular flexibility index (Phi) is 4.55. The van der Waals surface area contributed by atoms with E-state index in [1.54, 1.807) is 11.3 Å². The Morgan fingerprint density at radius 2 is 1.95 bits per heavy atom. The monoisotopic (exact) mass is 292 g/mol. The molecular formula is C16H21FN2S. The van der Waals surface area contributed by atoms with Gasteiger partial charge < -0.3 is 5.32 Å². The van der Waals surface area contributed by atoms with E-state index in [2.05, 4.69) is 38.4 Å². The molecule has 4 heteroatoms. The van der Waals surface area contributed by atoms with Crippen molar-refractivity contribution in [3.05, 3.63) is 51.7 Å². The quantitative estimate of drug-likeness (QED) is 0.889. The predicted molar refractivity (Wildman–Crippen MR) is 82.7 cm³/mol. The van der Waals surface area contributed by atoms with Crippen molar-refractivity contribution >= 4 is 11.3 Å². The molecule has 0 aliphatic carbocycles. The highest BCUT2D eigenvalue weighted by molar-refractivity contribution is 7.09. The normalized spacial score (nSPS) is 13.4. The van der Waals surface area contributed by atoms with Crippen molar-refractivity contribution in [2.75, 3.05) is 6.54 Å². The number of thiazole rings is 1. The number of rotatable bonds is 5. The van der Waals surface area contributed by atoms with Gasteiger partial charge in [0.1, 0.15) is 10.8 Å². The third-order valence-electron chi connectivity index (χ3n) is 3.58. The van der Waals surface area contributed by atoms with Gasteiger partial charge in [-0.15, -0.1) is 11.3 Å². The minimum absolute atomic E-state index is 0.204. The molecule has 1 unspecified atom stereocenters. The summed E-state index contributed by atoms with van der Waals surface area (Å²) in [6, 6.07) is 6.95. The zero-order chi connectivity index (χ0) is 14.8. The Labute approximate surface area is 124 Å². The van der Waals surface area contributed by atoms with Crippen LogP contribution in [0, 0.1) is 5.82 Å². The Hall–Kier alpha value is -1.26. The van der Waals surface area contributed by atoms with E-state index in [9.17, 15) is 4.39 Å². The topological polar surface area (TPSA) is 24.9 Å². The molecule has 0 spiro atoms. The van der Waals surface area contributed by atoms with Crippen LogP contribution in [0.25, 0.3) is 0 Å². The summed E-state index contributed by atoms with van der Waals surface area (Å²) >= 11 is 1.66. The molecule has 1 aromatic heterocycles. The molecule has 20 heavy (non-hydrogen) atoms. The van der Waals surface area contributed by atoms with Crippen LogP contribution in [-0.4, -0.2) is 11.5 Å². The van der Waals surface area contributed by atoms with Crippen molar-refractivity contribution in [3.63, 3.8) is 0 Å². The number of benzene rings is 1. The third-order valence-corrected chi connectivity index (χ3v) is 4.76. The van der Waals surface area contributed by atoms with Gasteiger partial charge in [-0.25, -0.2) is 9.37 Å². The summed E-state index contributed by atoms with van der Waals surface area (Å²) in [5.74, 6) is -0.204. The molecular weight excluding hydrogens is 271 g/mol. The van der Waals surface area contributed by atoms with Gasteiger partial charge in [-0.2, -0.15) is 0 Å². The fourth-order valence-electron chi connectivity index (χ4n) is 2.17. The van der Waals surface area contributed by atoms with Gasteiger partial charge in [0.25, 0.3) is 0 Å². The summed E-state index contributed by atoms with van der Waals surface area (Å²) in [4.78, 5) is 4.76. The summed E-state index contributed by atoms with van der Waals surface area (Å²) in [6.45, 7) is 9.39. The smallest absolute Gasteiger partial charge is 0.123 e. The maximum atomic E-state index is 13.1. The Morgan fingerprint density at radius 1 is 1.30 bits per heavy atom. The second-order valence-electron chi connectivity index (χ2n) is 5.49. The van der Waals surface area contributed by atoms with Crippen LogP contribution in [0.2, 0.25) is 0 Å². The van der Waals surface area contributed by atoms with Gasteiger partial charge >= 0.3 is 0 Å². The number of halogens is 1. The van der Waals surface area contributed by atoms with Crippen LogP contribution in [0.3, 0.4) is 0 Å². The minimum Gasteiger partial charge on any atom is -0.309 e. The molecule has 2 nitrogen and oxygen atoms in total. The number of hydrogen-bond donors (Lipinski definition) is 1. The van der Waals surface area contributed by atoms with Gasteiger partial charge in [0.2, 0.25) is 0 Å². The zero-order valence-corrected chi connectivity index (χ0v) is 13.2. The summed E-state index contributed by atoms with van der Waals surface area (Å²) in [6.07, 6.45) is 0. The molecule has 2 rings (SSSR count). The Morgan fingerprint density at radius 3 is 2.55 bits per heavy atom. The lowest BCUT2D eigenvalue weighted by atomic mass is 9.85. The van der Waals surface area contributed by atoms with E-state index in [0.717, 1.165) is 22.8 Å². The molecule has 1 atom stereocenters. The largest absolute Gasteiger partial charge is 0.309 e. The molecule has 1 aromatic carbocycles. The first-order chi connectivity index (χ1) is 9.45. The van der Waals surface area contributed by atoms with Crippen molar-refractivity contribution in [1.82, 2.24) is 10.3 Å². The Balaban J connectivity index is 2.27. The highest BCUT2D eigenvalue weighted by Crippen LogP contribution is 2.34. The summed E-state index contributed by atoms with van der Waals surface area (Å²) in [7, 11) is 0. The van der Waals surface area contributed by atoms with Crippen LogP contribution < -0.4 is 5.32 Å². The van der Waals surface area contributed by atoms with E-state index >= 15 is 0 Å². The van der Waals surface area contributed by atoms with E-state index in [0.29, 0.717) is 0 Å². The summed E-state index contributed by atoms with van der Waals surface area (Å²) in [5, 5.41) is 6.53. The average molecular weight is 292 g/mol. The first kappa shape index (κ1) is 15.1. The highest BCUT2D eigenvalue weighted by atomic mass is 32.1. The molecule has 0 fully saturated rings. The molecule has 1 N–H and O–H groups in total. The van der Waals surface area contributed by atoms with Crippen LogP contribution in [0.15, 0.2) is 29.6 Å². The van der Waals surface area contributed by atoms with Gasteiger partial charge in [-0.3, -0.25) is 0 Å². The average Bonchev–Trinajstić information content (AvgIpc) is 2.90. The van der Waals surface area contributed by atoms with Crippen molar-refractivity contribution in [1.29, 1.82) is 0 Å². The second-order valence-corrected chi connectivity index (χ2v) is 6.35. The van der Waals surface area contributed by atoms with Crippen LogP contribution in [0.5, 0.6) is 0 Å². The van der Waals surface area contributed by atoms with Crippen LogP contribution in [-0.2, 0) is 5.41 Å². The second kappa shape index (κ2) is 6.02. The molecule has 0 aliphatic heterocycles. The SMILES string of the molecule is CCNC(C)c1csc(C(C)(C)c2ccc(F)cc2)n1. The van der Waals surface area contributed by atoms with E-state index in [1.807, 2.05) is 12.1 Å².